The molecule has 0 saturated heterocycles. The van der Waals surface area contributed by atoms with Crippen LogP contribution in [0.15, 0.2) is 29.3 Å². The predicted octanol–water partition coefficient (Wildman–Crippen LogP) is 2.36. The summed E-state index contributed by atoms with van der Waals surface area (Å²) < 4.78 is 2.14. The molecule has 0 saturated carbocycles. The molecule has 0 spiro atoms. The molecule has 0 radical (unpaired) electrons. The Morgan fingerprint density at radius 2 is 2.21 bits per heavy atom. The first-order valence-corrected chi connectivity index (χ1v) is 5.81. The summed E-state index contributed by atoms with van der Waals surface area (Å²) in [6.07, 6.45) is 4.21. The molecule has 1 aromatic carbocycles. The molecule has 0 aliphatic rings. The fraction of sp³-hybridized carbons (Fsp3) is 0.273. The van der Waals surface area contributed by atoms with E-state index in [9.17, 15) is 0 Å². The predicted molar refractivity (Wildman–Crippen MR) is 62.6 cm³/mol. The van der Waals surface area contributed by atoms with Crippen molar-refractivity contribution in [3.8, 4) is 0 Å². The smallest absolute Gasteiger partial charge is 0.0492 e. The van der Waals surface area contributed by atoms with Crippen molar-refractivity contribution in [1.29, 1.82) is 0 Å². The molecule has 0 aliphatic heterocycles. The first-order valence-electron chi connectivity index (χ1n) is 4.59. The molecule has 0 atom stereocenters. The van der Waals surface area contributed by atoms with Gasteiger partial charge in [-0.1, -0.05) is 6.07 Å². The molecule has 0 fully saturated rings. The van der Waals surface area contributed by atoms with Crippen molar-refractivity contribution in [2.45, 2.75) is 11.4 Å². The monoisotopic (exact) mass is 206 g/mol. The van der Waals surface area contributed by atoms with Crippen LogP contribution in [0.5, 0.6) is 0 Å². The number of nitrogens with zero attached hydrogens (tertiary/aromatic N) is 1. The first-order chi connectivity index (χ1) is 6.77. The van der Waals surface area contributed by atoms with Gasteiger partial charge in [0.25, 0.3) is 0 Å². The molecule has 0 bridgehead atoms. The largest absolute Gasteiger partial charge is 0.350 e. The van der Waals surface area contributed by atoms with Gasteiger partial charge in [-0.25, -0.2) is 0 Å². The van der Waals surface area contributed by atoms with Gasteiger partial charge in [-0.15, -0.1) is 11.8 Å². The van der Waals surface area contributed by atoms with Gasteiger partial charge >= 0.3 is 0 Å². The second-order valence-electron chi connectivity index (χ2n) is 3.32. The molecule has 1 aromatic heterocycles. The second kappa shape index (κ2) is 3.67. The van der Waals surface area contributed by atoms with E-state index in [4.69, 9.17) is 5.73 Å². The second-order valence-corrected chi connectivity index (χ2v) is 4.17. The van der Waals surface area contributed by atoms with Crippen LogP contribution in [-0.4, -0.2) is 10.8 Å². The Hall–Kier alpha value is -0.930. The van der Waals surface area contributed by atoms with Crippen LogP contribution in [0.4, 0.5) is 0 Å². The van der Waals surface area contributed by atoms with Crippen molar-refractivity contribution in [1.82, 2.24) is 4.57 Å². The first kappa shape index (κ1) is 9.62. The zero-order valence-corrected chi connectivity index (χ0v) is 9.27. The van der Waals surface area contributed by atoms with E-state index in [1.165, 1.54) is 21.4 Å². The maximum Gasteiger partial charge on any atom is 0.0492 e. The summed E-state index contributed by atoms with van der Waals surface area (Å²) in [7, 11) is 2.06. The van der Waals surface area contributed by atoms with Crippen LogP contribution in [0.25, 0.3) is 10.9 Å². The van der Waals surface area contributed by atoms with Crippen LogP contribution in [-0.2, 0) is 13.6 Å². The maximum atomic E-state index is 5.73. The molecule has 0 amide bonds. The number of benzene rings is 1. The Kier molecular flexibility index (Phi) is 2.52. The molecule has 2 nitrogen and oxygen atoms in total. The molecule has 0 unspecified atom stereocenters. The zero-order valence-electron chi connectivity index (χ0n) is 8.45. The lowest BCUT2D eigenvalue weighted by Gasteiger charge is -2.01. The van der Waals surface area contributed by atoms with Crippen LogP contribution in [0.1, 0.15) is 5.56 Å². The van der Waals surface area contributed by atoms with Crippen LogP contribution in [0, 0.1) is 0 Å². The minimum absolute atomic E-state index is 0.606. The lowest BCUT2D eigenvalue weighted by Crippen LogP contribution is -1.94. The maximum absolute atomic E-state index is 5.73. The fourth-order valence-corrected chi connectivity index (χ4v) is 2.48. The highest BCUT2D eigenvalue weighted by Gasteiger charge is 2.08. The molecular weight excluding hydrogens is 192 g/mol. The van der Waals surface area contributed by atoms with Crippen molar-refractivity contribution in [2.24, 2.45) is 12.8 Å². The van der Waals surface area contributed by atoms with Crippen LogP contribution >= 0.6 is 11.8 Å². The Morgan fingerprint density at radius 3 is 2.86 bits per heavy atom. The fourth-order valence-electron chi connectivity index (χ4n) is 1.83. The molecule has 1 heterocycles. The van der Waals surface area contributed by atoms with E-state index in [2.05, 4.69) is 42.3 Å². The van der Waals surface area contributed by atoms with Gasteiger partial charge in [-0.2, -0.15) is 0 Å². The summed E-state index contributed by atoms with van der Waals surface area (Å²) in [6.45, 7) is 0.606. The number of aryl methyl sites for hydroxylation is 1. The van der Waals surface area contributed by atoms with E-state index in [1.54, 1.807) is 11.8 Å². The Morgan fingerprint density at radius 1 is 1.43 bits per heavy atom. The number of fused-ring (bicyclic) bond motifs is 1. The van der Waals surface area contributed by atoms with Crippen molar-refractivity contribution >= 4 is 22.7 Å². The Labute approximate surface area is 88.1 Å². The van der Waals surface area contributed by atoms with Crippen molar-refractivity contribution in [2.75, 3.05) is 6.26 Å². The lowest BCUT2D eigenvalue weighted by atomic mass is 10.2. The van der Waals surface area contributed by atoms with E-state index in [0.717, 1.165) is 0 Å². The highest BCUT2D eigenvalue weighted by molar-refractivity contribution is 7.98. The molecular formula is C11H14N2S. The molecule has 3 heteroatoms. The van der Waals surface area contributed by atoms with Gasteiger partial charge in [0.15, 0.2) is 0 Å². The van der Waals surface area contributed by atoms with Gasteiger partial charge in [0.2, 0.25) is 0 Å². The van der Waals surface area contributed by atoms with Crippen LogP contribution < -0.4 is 5.73 Å². The molecule has 2 rings (SSSR count). The number of hydrogen-bond acceptors (Lipinski definition) is 2. The van der Waals surface area contributed by atoms with E-state index >= 15 is 0 Å². The summed E-state index contributed by atoms with van der Waals surface area (Å²) in [5.74, 6) is 0. The normalized spacial score (nSPS) is 11.1. The van der Waals surface area contributed by atoms with Gasteiger partial charge in [0.05, 0.1) is 0 Å². The standard InChI is InChI=1S/C11H14N2S/c1-13-7-8(6-12)11-9(13)4-3-5-10(11)14-2/h3-5,7H,6,12H2,1-2H3. The molecule has 0 aliphatic carbocycles. The summed E-state index contributed by atoms with van der Waals surface area (Å²) in [6, 6.07) is 6.37. The third-order valence-corrected chi connectivity index (χ3v) is 3.27. The van der Waals surface area contributed by atoms with Crippen molar-refractivity contribution < 1.29 is 0 Å². The third kappa shape index (κ3) is 1.33. The number of nitrogens with two attached hydrogens (primary N) is 1. The van der Waals surface area contributed by atoms with Gasteiger partial charge < -0.3 is 10.3 Å². The SMILES string of the molecule is CSc1cccc2c1c(CN)cn2C. The van der Waals surface area contributed by atoms with Crippen molar-refractivity contribution in [3.05, 3.63) is 30.0 Å². The van der Waals surface area contributed by atoms with E-state index < -0.39 is 0 Å². The average molecular weight is 206 g/mol. The van der Waals surface area contributed by atoms with Crippen LogP contribution in [0.3, 0.4) is 0 Å². The third-order valence-electron chi connectivity index (χ3n) is 2.49. The topological polar surface area (TPSA) is 30.9 Å². The summed E-state index contributed by atoms with van der Waals surface area (Å²) in [5.41, 5.74) is 8.22. The van der Waals surface area contributed by atoms with E-state index in [-0.39, 0.29) is 0 Å². The minimum atomic E-state index is 0.606. The molecule has 74 valence electrons. The highest BCUT2D eigenvalue weighted by atomic mass is 32.2. The number of hydrogen-bond donors (Lipinski definition) is 1. The quantitative estimate of drug-likeness (QED) is 0.765. The number of aromatic nitrogens is 1. The summed E-state index contributed by atoms with van der Waals surface area (Å²) in [4.78, 5) is 1.31. The highest BCUT2D eigenvalue weighted by Crippen LogP contribution is 2.29. The van der Waals surface area contributed by atoms with Crippen molar-refractivity contribution in [3.63, 3.8) is 0 Å². The van der Waals surface area contributed by atoms with Gasteiger partial charge in [0.1, 0.15) is 0 Å². The lowest BCUT2D eigenvalue weighted by molar-refractivity contribution is 0.949. The Balaban J connectivity index is 2.82. The van der Waals surface area contributed by atoms with Gasteiger partial charge in [0, 0.05) is 35.6 Å². The molecule has 14 heavy (non-hydrogen) atoms. The summed E-state index contributed by atoms with van der Waals surface area (Å²) in [5, 5.41) is 1.31. The zero-order chi connectivity index (χ0) is 10.1. The average Bonchev–Trinajstić information content (AvgIpc) is 2.56. The number of thioether (sulfide) groups is 1. The van der Waals surface area contributed by atoms with Gasteiger partial charge in [-0.3, -0.25) is 0 Å². The Bertz CT molecular complexity index is 460. The van der Waals surface area contributed by atoms with Crippen LogP contribution in [0.2, 0.25) is 0 Å². The van der Waals surface area contributed by atoms with E-state index in [0.29, 0.717) is 6.54 Å². The summed E-state index contributed by atoms with van der Waals surface area (Å²) >= 11 is 1.77. The minimum Gasteiger partial charge on any atom is -0.350 e. The number of rotatable bonds is 2. The molecule has 2 aromatic rings. The molecule has 2 N–H and O–H groups in total. The van der Waals surface area contributed by atoms with Gasteiger partial charge in [-0.05, 0) is 24.0 Å². The van der Waals surface area contributed by atoms with E-state index in [1.807, 2.05) is 0 Å².